The molecule has 170 valence electrons. The van der Waals surface area contributed by atoms with Crippen molar-refractivity contribution in [2.75, 3.05) is 33.7 Å². The van der Waals surface area contributed by atoms with E-state index in [0.29, 0.717) is 18.5 Å². The number of guanidine groups is 1. The summed E-state index contributed by atoms with van der Waals surface area (Å²) in [5.74, 6) is 1.26. The number of nitrogens with one attached hydrogen (secondary N) is 3. The third-order valence-corrected chi connectivity index (χ3v) is 6.08. The molecule has 0 aliphatic carbocycles. The van der Waals surface area contributed by atoms with Crippen molar-refractivity contribution in [1.29, 1.82) is 0 Å². The van der Waals surface area contributed by atoms with E-state index >= 15 is 0 Å². The van der Waals surface area contributed by atoms with Crippen molar-refractivity contribution in [2.45, 2.75) is 64.6 Å². The molecule has 1 saturated heterocycles. The Morgan fingerprint density at radius 2 is 2.03 bits per heavy atom. The molecule has 1 fully saturated rings. The van der Waals surface area contributed by atoms with Gasteiger partial charge in [-0.3, -0.25) is 9.89 Å². The summed E-state index contributed by atoms with van der Waals surface area (Å²) in [6.45, 7) is 12.0. The van der Waals surface area contributed by atoms with Crippen LogP contribution < -0.4 is 16.0 Å². The highest BCUT2D eigenvalue weighted by Gasteiger charge is 2.31. The highest BCUT2D eigenvalue weighted by molar-refractivity contribution is 7.10. The smallest absolute Gasteiger partial charge is 0.408 e. The number of hydrogen-bond donors (Lipinski definition) is 3. The molecule has 7 nitrogen and oxygen atoms in total. The molecule has 3 N–H and O–H groups in total. The van der Waals surface area contributed by atoms with Gasteiger partial charge in [0.25, 0.3) is 0 Å². The monoisotopic (exact) mass is 437 g/mol. The van der Waals surface area contributed by atoms with Crippen LogP contribution in [-0.2, 0) is 4.74 Å². The predicted molar refractivity (Wildman–Crippen MR) is 125 cm³/mol. The molecule has 2 heterocycles. The van der Waals surface area contributed by atoms with Crippen LogP contribution in [0.15, 0.2) is 22.5 Å². The Balaban J connectivity index is 1.87. The van der Waals surface area contributed by atoms with E-state index in [-0.39, 0.29) is 0 Å². The fraction of sp³-hybridized carbons (Fsp3) is 0.727. The molecule has 1 aromatic heterocycles. The number of piperidine rings is 1. The molecule has 2 atom stereocenters. The summed E-state index contributed by atoms with van der Waals surface area (Å²) >= 11 is 1.83. The van der Waals surface area contributed by atoms with E-state index in [9.17, 15) is 4.79 Å². The van der Waals surface area contributed by atoms with Crippen LogP contribution in [0.1, 0.15) is 58.4 Å². The summed E-state index contributed by atoms with van der Waals surface area (Å²) in [4.78, 5) is 20.3. The molecule has 0 aromatic carbocycles. The second kappa shape index (κ2) is 10.5. The molecule has 1 amide bonds. The lowest BCUT2D eigenvalue weighted by atomic mass is 9.88. The van der Waals surface area contributed by atoms with E-state index in [1.54, 1.807) is 7.05 Å². The molecule has 1 aliphatic rings. The standard InChI is InChI=1S/C22H39N5O2S/c1-21(2,3)29-20(28)26-22(4,5)15-25-19(23-6)24-14-16-10-8-12-27(7)18(16)17-11-9-13-30-17/h9,11,13,16,18H,8,10,12,14-15H2,1-7H3,(H,26,28)(H2,23,24,25). The van der Waals surface area contributed by atoms with E-state index < -0.39 is 17.2 Å². The third kappa shape index (κ3) is 7.80. The van der Waals surface area contributed by atoms with Crippen LogP contribution >= 0.6 is 11.3 Å². The van der Waals surface area contributed by atoms with Crippen molar-refractivity contribution < 1.29 is 9.53 Å². The van der Waals surface area contributed by atoms with Crippen LogP contribution in [0.4, 0.5) is 4.79 Å². The van der Waals surface area contributed by atoms with Crippen molar-refractivity contribution in [3.8, 4) is 0 Å². The van der Waals surface area contributed by atoms with Crippen molar-refractivity contribution >= 4 is 23.4 Å². The SMILES string of the molecule is CN=C(NCC1CCCN(C)C1c1cccs1)NCC(C)(C)NC(=O)OC(C)(C)C. The number of nitrogens with zero attached hydrogens (tertiary/aromatic N) is 2. The number of carbonyl (C=O) groups is 1. The van der Waals surface area contributed by atoms with Crippen molar-refractivity contribution in [1.82, 2.24) is 20.9 Å². The normalized spacial score (nSPS) is 21.2. The number of rotatable bonds is 6. The van der Waals surface area contributed by atoms with Gasteiger partial charge in [-0.25, -0.2) is 4.79 Å². The van der Waals surface area contributed by atoms with Gasteiger partial charge in [0.05, 0.1) is 5.54 Å². The molecular weight excluding hydrogens is 398 g/mol. The first-order valence-corrected chi connectivity index (χ1v) is 11.6. The molecule has 1 aromatic rings. The predicted octanol–water partition coefficient (Wildman–Crippen LogP) is 3.60. The lowest BCUT2D eigenvalue weighted by molar-refractivity contribution is 0.0474. The number of alkyl carbamates (subject to hydrolysis) is 1. The highest BCUT2D eigenvalue weighted by Crippen LogP contribution is 2.36. The number of carbonyl (C=O) groups excluding carboxylic acids is 1. The minimum absolute atomic E-state index is 0.415. The lowest BCUT2D eigenvalue weighted by Crippen LogP contribution is -2.54. The Hall–Kier alpha value is -1.80. The Morgan fingerprint density at radius 1 is 1.30 bits per heavy atom. The summed E-state index contributed by atoms with van der Waals surface area (Å²) in [5, 5.41) is 11.9. The van der Waals surface area contributed by atoms with Gasteiger partial charge in [0.1, 0.15) is 5.60 Å². The van der Waals surface area contributed by atoms with Gasteiger partial charge in [0.2, 0.25) is 0 Å². The second-order valence-electron chi connectivity index (χ2n) is 9.66. The Morgan fingerprint density at radius 3 is 2.63 bits per heavy atom. The van der Waals surface area contributed by atoms with Crippen molar-refractivity contribution in [2.24, 2.45) is 10.9 Å². The minimum Gasteiger partial charge on any atom is -0.444 e. The fourth-order valence-electron chi connectivity index (χ4n) is 3.76. The Kier molecular flexibility index (Phi) is 8.55. The maximum Gasteiger partial charge on any atom is 0.408 e. The van der Waals surface area contributed by atoms with Crippen LogP contribution in [0, 0.1) is 5.92 Å². The molecule has 2 rings (SSSR count). The third-order valence-electron chi connectivity index (χ3n) is 5.13. The van der Waals surface area contributed by atoms with Crippen LogP contribution in [0.25, 0.3) is 0 Å². The number of thiophene rings is 1. The number of ether oxygens (including phenoxy) is 1. The highest BCUT2D eigenvalue weighted by atomic mass is 32.1. The number of hydrogen-bond acceptors (Lipinski definition) is 5. The zero-order valence-electron chi connectivity index (χ0n) is 19.5. The lowest BCUT2D eigenvalue weighted by Gasteiger charge is -2.39. The molecule has 0 spiro atoms. The van der Waals surface area contributed by atoms with E-state index in [0.717, 1.165) is 19.0 Å². The average Bonchev–Trinajstić information content (AvgIpc) is 3.13. The maximum absolute atomic E-state index is 12.1. The summed E-state index contributed by atoms with van der Waals surface area (Å²) in [6.07, 6.45) is 1.99. The van der Waals surface area contributed by atoms with Gasteiger partial charge in [-0.15, -0.1) is 11.3 Å². The summed E-state index contributed by atoms with van der Waals surface area (Å²) in [6, 6.07) is 4.81. The van der Waals surface area contributed by atoms with Crippen LogP contribution in [-0.4, -0.2) is 61.8 Å². The fourth-order valence-corrected chi connectivity index (χ4v) is 4.74. The summed E-state index contributed by atoms with van der Waals surface area (Å²) in [7, 11) is 3.99. The Bertz CT molecular complexity index is 697. The first-order chi connectivity index (χ1) is 14.0. The Labute approximate surface area is 185 Å². The van der Waals surface area contributed by atoms with E-state index in [2.05, 4.69) is 50.4 Å². The van der Waals surface area contributed by atoms with Crippen LogP contribution in [0.5, 0.6) is 0 Å². The quantitative estimate of drug-likeness (QED) is 0.468. The molecule has 8 heteroatoms. The molecular formula is C22H39N5O2S. The van der Waals surface area contributed by atoms with Crippen molar-refractivity contribution in [3.05, 3.63) is 22.4 Å². The van der Waals surface area contributed by atoms with Gasteiger partial charge < -0.3 is 20.7 Å². The number of aliphatic imine (C=N–C) groups is 1. The minimum atomic E-state index is -0.516. The molecule has 2 unspecified atom stereocenters. The largest absolute Gasteiger partial charge is 0.444 e. The number of amides is 1. The molecule has 0 bridgehead atoms. The molecule has 1 aliphatic heterocycles. The van der Waals surface area contributed by atoms with Crippen molar-refractivity contribution in [3.63, 3.8) is 0 Å². The summed E-state index contributed by atoms with van der Waals surface area (Å²) in [5.41, 5.74) is -0.998. The second-order valence-corrected chi connectivity index (χ2v) is 10.6. The van der Waals surface area contributed by atoms with Gasteiger partial charge in [-0.2, -0.15) is 0 Å². The zero-order valence-corrected chi connectivity index (χ0v) is 20.4. The first kappa shape index (κ1) is 24.5. The van der Waals surface area contributed by atoms with Crippen LogP contribution in [0.3, 0.4) is 0 Å². The van der Waals surface area contributed by atoms with E-state index in [1.165, 1.54) is 17.7 Å². The van der Waals surface area contributed by atoms with Gasteiger partial charge in [0, 0.05) is 31.1 Å². The molecule has 0 saturated carbocycles. The number of likely N-dealkylation sites (tertiary alicyclic amines) is 1. The maximum atomic E-state index is 12.1. The molecule has 0 radical (unpaired) electrons. The van der Waals surface area contributed by atoms with E-state index in [1.807, 2.05) is 46.0 Å². The van der Waals surface area contributed by atoms with Gasteiger partial charge >= 0.3 is 6.09 Å². The van der Waals surface area contributed by atoms with Gasteiger partial charge in [-0.05, 0) is 78.4 Å². The van der Waals surface area contributed by atoms with E-state index in [4.69, 9.17) is 4.74 Å². The molecule has 30 heavy (non-hydrogen) atoms. The summed E-state index contributed by atoms with van der Waals surface area (Å²) < 4.78 is 5.36. The zero-order chi connectivity index (χ0) is 22.4. The van der Waals surface area contributed by atoms with Gasteiger partial charge in [0.15, 0.2) is 5.96 Å². The van der Waals surface area contributed by atoms with Gasteiger partial charge in [-0.1, -0.05) is 6.07 Å². The van der Waals surface area contributed by atoms with Crippen LogP contribution in [0.2, 0.25) is 0 Å². The topological polar surface area (TPSA) is 78.0 Å². The first-order valence-electron chi connectivity index (χ1n) is 10.7. The average molecular weight is 438 g/mol.